The average molecular weight is 395 g/mol. The van der Waals surface area contributed by atoms with Crippen LogP contribution in [0.2, 0.25) is 0 Å². The molecule has 4 rings (SSSR count). The maximum absolute atomic E-state index is 8.78. The van der Waals surface area contributed by atoms with Crippen LogP contribution in [0.1, 0.15) is 62.9 Å². The van der Waals surface area contributed by atoms with Crippen molar-refractivity contribution in [3.8, 4) is 0 Å². The number of aromatic nitrogens is 3. The molecular formula is C22H30N6O. The number of nitrogens with two attached hydrogens (primary N) is 1. The number of anilines is 2. The Bertz CT molecular complexity index is 899. The SMILES string of the molecule is CC(C)Nc1nccc(N)c1C(=N)c1cc(C2CCOC([C@H]3CC3C)C2)ncn1. The number of ether oxygens (including phenoxy) is 1. The summed E-state index contributed by atoms with van der Waals surface area (Å²) in [6, 6.07) is 3.84. The number of nitrogen functional groups attached to an aromatic ring is 1. The van der Waals surface area contributed by atoms with Crippen LogP contribution in [0.15, 0.2) is 24.7 Å². The van der Waals surface area contributed by atoms with Crippen molar-refractivity contribution in [3.05, 3.63) is 41.6 Å². The highest BCUT2D eigenvalue weighted by Crippen LogP contribution is 2.46. The van der Waals surface area contributed by atoms with Gasteiger partial charge in [-0.3, -0.25) is 5.41 Å². The van der Waals surface area contributed by atoms with Gasteiger partial charge in [0.1, 0.15) is 12.1 Å². The topological polar surface area (TPSA) is 110 Å². The summed E-state index contributed by atoms with van der Waals surface area (Å²) >= 11 is 0. The molecule has 3 unspecified atom stereocenters. The van der Waals surface area contributed by atoms with E-state index in [2.05, 4.69) is 27.2 Å². The fourth-order valence-electron chi connectivity index (χ4n) is 4.25. The Labute approximate surface area is 172 Å². The minimum absolute atomic E-state index is 0.181. The molecule has 1 aliphatic heterocycles. The van der Waals surface area contributed by atoms with Crippen LogP contribution in [0.3, 0.4) is 0 Å². The maximum atomic E-state index is 8.78. The largest absolute Gasteiger partial charge is 0.398 e. The van der Waals surface area contributed by atoms with Gasteiger partial charge in [0, 0.05) is 36.1 Å². The lowest BCUT2D eigenvalue weighted by atomic mass is 9.89. The van der Waals surface area contributed by atoms with E-state index in [9.17, 15) is 0 Å². The van der Waals surface area contributed by atoms with Gasteiger partial charge in [-0.1, -0.05) is 6.92 Å². The van der Waals surface area contributed by atoms with Gasteiger partial charge in [-0.2, -0.15) is 0 Å². The summed E-state index contributed by atoms with van der Waals surface area (Å²) in [5.41, 5.74) is 9.14. The molecule has 0 spiro atoms. The summed E-state index contributed by atoms with van der Waals surface area (Å²) in [4.78, 5) is 13.3. The second-order valence-electron chi connectivity index (χ2n) is 8.63. The molecule has 4 atom stereocenters. The third-order valence-corrected chi connectivity index (χ3v) is 5.99. The van der Waals surface area contributed by atoms with Crippen molar-refractivity contribution in [2.75, 3.05) is 17.7 Å². The van der Waals surface area contributed by atoms with E-state index >= 15 is 0 Å². The Hall–Kier alpha value is -2.54. The van der Waals surface area contributed by atoms with Gasteiger partial charge in [0.25, 0.3) is 0 Å². The molecule has 0 amide bonds. The van der Waals surface area contributed by atoms with E-state index < -0.39 is 0 Å². The van der Waals surface area contributed by atoms with Crippen molar-refractivity contribution in [1.29, 1.82) is 5.41 Å². The molecule has 1 saturated heterocycles. The first-order valence-electron chi connectivity index (χ1n) is 10.5. The van der Waals surface area contributed by atoms with E-state index in [1.54, 1.807) is 18.6 Å². The second kappa shape index (κ2) is 8.06. The lowest BCUT2D eigenvalue weighted by molar-refractivity contribution is -0.00969. The quantitative estimate of drug-likeness (QED) is 0.646. The van der Waals surface area contributed by atoms with Gasteiger partial charge in [0.2, 0.25) is 0 Å². The Balaban J connectivity index is 1.58. The molecule has 2 aromatic rings. The lowest BCUT2D eigenvalue weighted by Crippen LogP contribution is -2.27. The van der Waals surface area contributed by atoms with Crippen molar-refractivity contribution in [3.63, 3.8) is 0 Å². The molecule has 3 heterocycles. The Kier molecular flexibility index (Phi) is 5.50. The maximum Gasteiger partial charge on any atom is 0.137 e. The van der Waals surface area contributed by atoms with Crippen molar-refractivity contribution in [2.24, 2.45) is 11.8 Å². The minimum atomic E-state index is 0.181. The molecule has 2 aliphatic rings. The monoisotopic (exact) mass is 394 g/mol. The van der Waals surface area contributed by atoms with E-state index in [-0.39, 0.29) is 11.8 Å². The predicted molar refractivity (Wildman–Crippen MR) is 114 cm³/mol. The predicted octanol–water partition coefficient (Wildman–Crippen LogP) is 3.61. The number of nitrogens with one attached hydrogen (secondary N) is 2. The highest BCUT2D eigenvalue weighted by molar-refractivity contribution is 6.15. The van der Waals surface area contributed by atoms with Crippen LogP contribution in [0.25, 0.3) is 0 Å². The molecule has 7 nitrogen and oxygen atoms in total. The van der Waals surface area contributed by atoms with Gasteiger partial charge in [0.05, 0.1) is 23.1 Å². The standard InChI is InChI=1S/C22H30N6O/c1-12(2)28-22-20(16(23)4-6-25-22)21(24)18-10-17(26-11-27-18)14-5-7-29-19(9-14)15-8-13(15)3/h4,6,10-15,19,24H,5,7-9H2,1-3H3,(H3,23,25,28)/t13?,14?,15-,19?/m0/s1. The van der Waals surface area contributed by atoms with E-state index in [0.29, 0.717) is 40.7 Å². The zero-order valence-electron chi connectivity index (χ0n) is 17.4. The summed E-state index contributed by atoms with van der Waals surface area (Å²) in [6.07, 6.45) is 6.76. The van der Waals surface area contributed by atoms with Gasteiger partial charge >= 0.3 is 0 Å². The third kappa shape index (κ3) is 4.24. The number of hydrogen-bond acceptors (Lipinski definition) is 7. The van der Waals surface area contributed by atoms with Crippen LogP contribution in [-0.4, -0.2) is 39.4 Å². The van der Waals surface area contributed by atoms with E-state index in [1.807, 2.05) is 19.9 Å². The van der Waals surface area contributed by atoms with Gasteiger partial charge < -0.3 is 15.8 Å². The van der Waals surface area contributed by atoms with Crippen molar-refractivity contribution >= 4 is 17.2 Å². The van der Waals surface area contributed by atoms with Crippen LogP contribution < -0.4 is 11.1 Å². The first-order chi connectivity index (χ1) is 13.9. The van der Waals surface area contributed by atoms with E-state index in [4.69, 9.17) is 15.9 Å². The van der Waals surface area contributed by atoms with Gasteiger partial charge in [0.15, 0.2) is 0 Å². The van der Waals surface area contributed by atoms with Crippen LogP contribution >= 0.6 is 0 Å². The fourth-order valence-corrected chi connectivity index (χ4v) is 4.25. The Morgan fingerprint density at radius 1 is 1.28 bits per heavy atom. The number of nitrogens with zero attached hydrogens (tertiary/aromatic N) is 3. The molecule has 154 valence electrons. The molecule has 0 aromatic carbocycles. The Morgan fingerprint density at radius 2 is 2.07 bits per heavy atom. The summed E-state index contributed by atoms with van der Waals surface area (Å²) in [6.45, 7) is 7.13. The normalized spacial score (nSPS) is 26.3. The summed E-state index contributed by atoms with van der Waals surface area (Å²) < 4.78 is 6.02. The summed E-state index contributed by atoms with van der Waals surface area (Å²) in [7, 11) is 0. The summed E-state index contributed by atoms with van der Waals surface area (Å²) in [5, 5.41) is 12.1. The number of pyridine rings is 1. The molecule has 2 aromatic heterocycles. The minimum Gasteiger partial charge on any atom is -0.398 e. The van der Waals surface area contributed by atoms with Gasteiger partial charge in [-0.05, 0) is 57.1 Å². The average Bonchev–Trinajstić information content (AvgIpc) is 3.44. The molecule has 1 saturated carbocycles. The molecule has 0 radical (unpaired) electrons. The molecular weight excluding hydrogens is 364 g/mol. The van der Waals surface area contributed by atoms with Crippen molar-refractivity contribution in [2.45, 2.75) is 58.1 Å². The highest BCUT2D eigenvalue weighted by atomic mass is 16.5. The molecule has 1 aliphatic carbocycles. The molecule has 0 bridgehead atoms. The van der Waals surface area contributed by atoms with Crippen molar-refractivity contribution in [1.82, 2.24) is 15.0 Å². The van der Waals surface area contributed by atoms with E-state index in [1.165, 1.54) is 6.42 Å². The zero-order valence-corrected chi connectivity index (χ0v) is 17.4. The first-order valence-corrected chi connectivity index (χ1v) is 10.5. The second-order valence-corrected chi connectivity index (χ2v) is 8.63. The molecule has 29 heavy (non-hydrogen) atoms. The van der Waals surface area contributed by atoms with Gasteiger partial charge in [-0.25, -0.2) is 15.0 Å². The summed E-state index contributed by atoms with van der Waals surface area (Å²) in [5.74, 6) is 2.42. The zero-order chi connectivity index (χ0) is 20.5. The van der Waals surface area contributed by atoms with Gasteiger partial charge in [-0.15, -0.1) is 0 Å². The van der Waals surface area contributed by atoms with Crippen molar-refractivity contribution < 1.29 is 4.74 Å². The highest BCUT2D eigenvalue weighted by Gasteiger charge is 2.42. The number of rotatable bonds is 6. The fraction of sp³-hybridized carbons (Fsp3) is 0.545. The smallest absolute Gasteiger partial charge is 0.137 e. The Morgan fingerprint density at radius 3 is 2.79 bits per heavy atom. The molecule has 7 heteroatoms. The third-order valence-electron chi connectivity index (χ3n) is 5.99. The van der Waals surface area contributed by atoms with Crippen LogP contribution in [0.5, 0.6) is 0 Å². The molecule has 4 N–H and O–H groups in total. The first kappa shape index (κ1) is 19.8. The van der Waals surface area contributed by atoms with Crippen LogP contribution in [-0.2, 0) is 4.74 Å². The van der Waals surface area contributed by atoms with Crippen LogP contribution in [0.4, 0.5) is 11.5 Å². The molecule has 2 fully saturated rings. The number of hydrogen-bond donors (Lipinski definition) is 3. The lowest BCUT2D eigenvalue weighted by Gasteiger charge is -2.29. The van der Waals surface area contributed by atoms with E-state index in [0.717, 1.165) is 31.1 Å². The van der Waals surface area contributed by atoms with Crippen LogP contribution in [0, 0.1) is 17.2 Å².